The number of aromatic nitrogens is 4. The van der Waals surface area contributed by atoms with Crippen molar-refractivity contribution in [1.82, 2.24) is 25.0 Å². The van der Waals surface area contributed by atoms with E-state index in [9.17, 15) is 24.0 Å². The van der Waals surface area contributed by atoms with Crippen LogP contribution < -0.4 is 11.3 Å². The van der Waals surface area contributed by atoms with Gasteiger partial charge in [0.2, 0.25) is 0 Å². The summed E-state index contributed by atoms with van der Waals surface area (Å²) in [6.45, 7) is 2.81. The molecule has 0 spiro atoms. The number of ether oxygens (including phenoxy) is 2. The molecule has 2 aromatic heterocycles. The molecule has 260 valence electrons. The number of carbonyl (C=O) groups excluding carboxylic acids is 6. The lowest BCUT2D eigenvalue weighted by Gasteiger charge is -1.99. The number of methoxy groups -OCH3 is 2. The molecule has 50 heavy (non-hydrogen) atoms. The Kier molecular flexibility index (Phi) is 16.5. The highest BCUT2D eigenvalue weighted by Crippen LogP contribution is 2.20. The topological polar surface area (TPSA) is 189 Å². The average Bonchev–Trinajstić information content (AvgIpc) is 3.74. The summed E-state index contributed by atoms with van der Waals surface area (Å²) in [5, 5.41) is 8.37. The molecule has 3 N–H and O–H groups in total. The van der Waals surface area contributed by atoms with Crippen molar-refractivity contribution < 1.29 is 37.9 Å². The highest BCUT2D eigenvalue weighted by Gasteiger charge is 2.28. The third-order valence-electron chi connectivity index (χ3n) is 6.46. The number of Topliss-reactive ketones (excluding diaryl/α,β-unsaturated/α-hetero) is 2. The fourth-order valence-electron chi connectivity index (χ4n) is 4.09. The van der Waals surface area contributed by atoms with Crippen LogP contribution in [0.2, 0.25) is 0 Å². The molecular formula is C36H39N6O8+. The number of nitrogens with two attached hydrogens (primary N) is 1. The van der Waals surface area contributed by atoms with Crippen molar-refractivity contribution in [3.05, 3.63) is 120 Å². The van der Waals surface area contributed by atoms with E-state index in [-0.39, 0.29) is 5.97 Å². The third-order valence-corrected chi connectivity index (χ3v) is 6.46. The second kappa shape index (κ2) is 20.8. The molecule has 2 heterocycles. The van der Waals surface area contributed by atoms with Crippen LogP contribution in [-0.2, 0) is 37.6 Å². The molecule has 14 nitrogen and oxygen atoms in total. The zero-order valence-electron chi connectivity index (χ0n) is 28.4. The molecule has 0 aliphatic rings. The zero-order valence-corrected chi connectivity index (χ0v) is 28.4. The standard InChI is InChI=1S/2C12H12N2O2.C11H9O4.CH6N2/c1-14-11(9-6-4-3-5-7-9)8-10(13-14)12(15)16-2;1-14-11(12(15)16-2)8-10(13-14)9-6-4-3-5-7-9;1-15-11(14)10(13)7-9(12)8-5-3-2-4-6-8;1-3-2/h2*3-8H,1-2H3;2-6H,1,7H2;3H,2H2,1H3/q;;+1;. The Morgan fingerprint density at radius 2 is 1.26 bits per heavy atom. The monoisotopic (exact) mass is 683 g/mol. The first-order chi connectivity index (χ1) is 24.0. The molecular weight excluding hydrogens is 644 g/mol. The van der Waals surface area contributed by atoms with Crippen molar-refractivity contribution in [3.63, 3.8) is 0 Å². The summed E-state index contributed by atoms with van der Waals surface area (Å²) in [5.41, 5.74) is 7.07. The van der Waals surface area contributed by atoms with Crippen LogP contribution in [0.5, 0.6) is 0 Å². The predicted molar refractivity (Wildman–Crippen MR) is 186 cm³/mol. The van der Waals surface area contributed by atoms with Gasteiger partial charge in [0.05, 0.1) is 36.8 Å². The van der Waals surface area contributed by atoms with Crippen LogP contribution >= 0.6 is 0 Å². The number of hydrogen-bond donors (Lipinski definition) is 2. The van der Waals surface area contributed by atoms with E-state index < -0.39 is 29.9 Å². The fourth-order valence-corrected chi connectivity index (χ4v) is 4.09. The van der Waals surface area contributed by atoms with E-state index in [0.29, 0.717) is 17.0 Å². The minimum Gasteiger partial charge on any atom is -0.464 e. The maximum Gasteiger partial charge on any atom is 0.649 e. The number of hydrazine groups is 1. The van der Waals surface area contributed by atoms with Gasteiger partial charge in [-0.2, -0.15) is 10.2 Å². The van der Waals surface area contributed by atoms with Gasteiger partial charge in [-0.15, -0.1) is 0 Å². The maximum atomic E-state index is 11.4. The first-order valence-electron chi connectivity index (χ1n) is 14.8. The minimum atomic E-state index is -1.10. The highest BCUT2D eigenvalue weighted by molar-refractivity contribution is 6.36. The Bertz CT molecular complexity index is 1870. The van der Waals surface area contributed by atoms with Crippen molar-refractivity contribution in [1.29, 1.82) is 0 Å². The van der Waals surface area contributed by atoms with Crippen molar-refractivity contribution in [2.75, 3.05) is 21.3 Å². The average molecular weight is 684 g/mol. The first kappa shape index (κ1) is 39.8. The molecule has 0 aliphatic heterocycles. The molecule has 3 aromatic carbocycles. The molecule has 0 unspecified atom stereocenters. The van der Waals surface area contributed by atoms with Gasteiger partial charge in [0, 0.05) is 25.2 Å². The van der Waals surface area contributed by atoms with E-state index in [1.54, 1.807) is 68.3 Å². The SMILES string of the molecule is C=[O+]C(=O)C(=O)CC(=O)c1ccccc1.CNN.COC(=O)c1cc(-c2ccccc2)n(C)n1.COC(=O)c1cc(-c2ccccc2)nn1C. The fraction of sp³-hybridized carbons (Fsp3) is 0.167. The second-order valence-corrected chi connectivity index (χ2v) is 9.90. The Morgan fingerprint density at radius 1 is 0.760 bits per heavy atom. The van der Waals surface area contributed by atoms with Crippen LogP contribution in [0.4, 0.5) is 0 Å². The van der Waals surface area contributed by atoms with Crippen LogP contribution in [0.25, 0.3) is 22.5 Å². The molecule has 0 saturated heterocycles. The molecule has 5 aromatic rings. The van der Waals surface area contributed by atoms with Crippen molar-refractivity contribution in [3.8, 4) is 22.5 Å². The van der Waals surface area contributed by atoms with E-state index in [4.69, 9.17) is 0 Å². The third kappa shape index (κ3) is 12.0. The second-order valence-electron chi connectivity index (χ2n) is 9.90. The maximum absolute atomic E-state index is 11.4. The number of nitrogens with zero attached hydrogens (tertiary/aromatic N) is 4. The molecule has 0 atom stereocenters. The van der Waals surface area contributed by atoms with Crippen molar-refractivity contribution >= 4 is 36.3 Å². The quantitative estimate of drug-likeness (QED) is 0.0463. The molecule has 0 amide bonds. The molecule has 0 saturated carbocycles. The van der Waals surface area contributed by atoms with Crippen molar-refractivity contribution in [2.24, 2.45) is 19.9 Å². The van der Waals surface area contributed by atoms with Gasteiger partial charge in [0.1, 0.15) is 5.69 Å². The molecule has 5 rings (SSSR count). The summed E-state index contributed by atoms with van der Waals surface area (Å²) < 4.78 is 16.4. The number of carbonyl (C=O) groups is 5. The largest absolute Gasteiger partial charge is 0.649 e. The predicted octanol–water partition coefficient (Wildman–Crippen LogP) is 3.55. The van der Waals surface area contributed by atoms with Crippen LogP contribution in [0.3, 0.4) is 0 Å². The Hall–Kier alpha value is -6.38. The number of aryl methyl sites for hydroxylation is 2. The molecule has 14 heteroatoms. The van der Waals surface area contributed by atoms with Crippen LogP contribution in [0.15, 0.2) is 103 Å². The zero-order chi connectivity index (χ0) is 37.1. The molecule has 0 radical (unpaired) electrons. The van der Waals surface area contributed by atoms with Crippen LogP contribution in [0, 0.1) is 0 Å². The number of esters is 2. The minimum absolute atomic E-state index is 0.323. The summed E-state index contributed by atoms with van der Waals surface area (Å²) >= 11 is 0. The van der Waals surface area contributed by atoms with Crippen molar-refractivity contribution in [2.45, 2.75) is 6.42 Å². The lowest BCUT2D eigenvalue weighted by Crippen LogP contribution is -2.17. The van der Waals surface area contributed by atoms with Crippen LogP contribution in [-0.4, -0.2) is 77.1 Å². The molecule has 0 aliphatic carbocycles. The number of nitrogens with one attached hydrogen (secondary N) is 1. The van der Waals surface area contributed by atoms with Gasteiger partial charge in [-0.05, 0) is 24.7 Å². The van der Waals surface area contributed by atoms with Gasteiger partial charge in [0.15, 0.2) is 18.3 Å². The molecule has 0 bridgehead atoms. The number of hydrogen-bond acceptors (Lipinski definition) is 11. The highest BCUT2D eigenvalue weighted by atomic mass is 16.5. The van der Waals surface area contributed by atoms with Gasteiger partial charge in [0.25, 0.3) is 0 Å². The smallest absolute Gasteiger partial charge is 0.464 e. The van der Waals surface area contributed by atoms with E-state index in [0.717, 1.165) is 22.5 Å². The van der Waals surface area contributed by atoms with Gasteiger partial charge in [-0.1, -0.05) is 91.0 Å². The van der Waals surface area contributed by atoms with Gasteiger partial charge in [-0.25, -0.2) is 9.59 Å². The lowest BCUT2D eigenvalue weighted by atomic mass is 10.1. The summed E-state index contributed by atoms with van der Waals surface area (Å²) in [7, 11) is 7.88. The number of benzene rings is 3. The van der Waals surface area contributed by atoms with E-state index in [1.807, 2.05) is 60.7 Å². The number of ketones is 2. The molecule has 0 fully saturated rings. The Labute approximate surface area is 289 Å². The van der Waals surface area contributed by atoms with E-state index in [1.165, 1.54) is 18.9 Å². The Balaban J connectivity index is 0.000000250. The first-order valence-corrected chi connectivity index (χ1v) is 14.8. The van der Waals surface area contributed by atoms with Gasteiger partial charge >= 0.3 is 23.7 Å². The lowest BCUT2D eigenvalue weighted by molar-refractivity contribution is -0.362. The van der Waals surface area contributed by atoms with Gasteiger partial charge < -0.3 is 9.47 Å². The summed E-state index contributed by atoms with van der Waals surface area (Å²) in [6, 6.07) is 31.2. The van der Waals surface area contributed by atoms with E-state index in [2.05, 4.69) is 42.2 Å². The normalized spacial score (nSPS) is 9.64. The van der Waals surface area contributed by atoms with Crippen LogP contribution in [0.1, 0.15) is 37.8 Å². The van der Waals surface area contributed by atoms with E-state index >= 15 is 0 Å². The Morgan fingerprint density at radius 3 is 1.76 bits per heavy atom. The number of rotatable bonds is 8. The summed E-state index contributed by atoms with van der Waals surface area (Å²) in [4.78, 5) is 55.8. The summed E-state index contributed by atoms with van der Waals surface area (Å²) in [6.07, 6.45) is -0.488. The van der Waals surface area contributed by atoms with Gasteiger partial charge in [-0.3, -0.25) is 34.6 Å². The summed E-state index contributed by atoms with van der Waals surface area (Å²) in [5.74, 6) is 1.40.